The second-order valence-corrected chi connectivity index (χ2v) is 9.72. The van der Waals surface area contributed by atoms with Gasteiger partial charge in [0.05, 0.1) is 20.3 Å². The summed E-state index contributed by atoms with van der Waals surface area (Å²) in [6.07, 6.45) is -6.94. The number of carbonyl (C=O) groups excluding carboxylic acids is 3. The van der Waals surface area contributed by atoms with E-state index in [4.69, 9.17) is 9.47 Å². The van der Waals surface area contributed by atoms with Crippen molar-refractivity contribution in [3.05, 3.63) is 23.8 Å². The zero-order valence-electron chi connectivity index (χ0n) is 21.9. The van der Waals surface area contributed by atoms with Gasteiger partial charge in [-0.1, -0.05) is 27.7 Å². The van der Waals surface area contributed by atoms with E-state index in [-0.39, 0.29) is 24.4 Å². The number of amides is 3. The average molecular weight is 532 g/mol. The molecule has 0 radical (unpaired) electrons. The fourth-order valence-electron chi connectivity index (χ4n) is 4.27. The molecule has 2 rings (SSSR count). The highest BCUT2D eigenvalue weighted by atomic mass is 19.4. The number of nitrogens with zero attached hydrogens (tertiary/aromatic N) is 1. The lowest BCUT2D eigenvalue weighted by molar-refractivity contribution is -0.215. The number of halogens is 3. The van der Waals surface area contributed by atoms with Crippen molar-refractivity contribution in [3.63, 3.8) is 0 Å². The largest absolute Gasteiger partial charge is 0.493 e. The molecule has 1 aliphatic heterocycles. The van der Waals surface area contributed by atoms with Crippen LogP contribution >= 0.6 is 0 Å². The van der Waals surface area contributed by atoms with Gasteiger partial charge in [-0.15, -0.1) is 0 Å². The van der Waals surface area contributed by atoms with Crippen molar-refractivity contribution >= 4 is 17.7 Å². The minimum absolute atomic E-state index is 0.209. The Morgan fingerprint density at radius 1 is 1.03 bits per heavy atom. The van der Waals surface area contributed by atoms with E-state index < -0.39 is 54.0 Å². The molecule has 2 unspecified atom stereocenters. The molecule has 0 aromatic heterocycles. The lowest BCUT2D eigenvalue weighted by atomic mass is 9.97. The number of hydrogen-bond acceptors (Lipinski definition) is 6. The molecule has 3 N–H and O–H groups in total. The summed E-state index contributed by atoms with van der Waals surface area (Å²) in [5, 5.41) is 14.7. The number of likely N-dealkylation sites (tertiary alicyclic amines) is 1. The molecule has 208 valence electrons. The van der Waals surface area contributed by atoms with Crippen LogP contribution in [0.1, 0.15) is 50.9 Å². The molecular formula is C25H36F3N3O6. The molecule has 3 amide bonds. The summed E-state index contributed by atoms with van der Waals surface area (Å²) in [7, 11) is 2.89. The zero-order valence-corrected chi connectivity index (χ0v) is 21.9. The molecule has 37 heavy (non-hydrogen) atoms. The number of aliphatic hydroxyl groups excluding tert-OH is 1. The van der Waals surface area contributed by atoms with Crippen molar-refractivity contribution in [1.29, 1.82) is 0 Å². The van der Waals surface area contributed by atoms with Crippen LogP contribution in [0, 0.1) is 11.8 Å². The molecule has 1 heterocycles. The molecule has 9 nitrogen and oxygen atoms in total. The van der Waals surface area contributed by atoms with Gasteiger partial charge in [-0.3, -0.25) is 14.4 Å². The summed E-state index contributed by atoms with van der Waals surface area (Å²) >= 11 is 0. The molecular weight excluding hydrogens is 495 g/mol. The lowest BCUT2D eigenvalue weighted by Crippen LogP contribution is -2.59. The minimum atomic E-state index is -4.91. The van der Waals surface area contributed by atoms with Crippen LogP contribution in [-0.4, -0.2) is 78.9 Å². The van der Waals surface area contributed by atoms with Crippen molar-refractivity contribution in [2.24, 2.45) is 11.8 Å². The number of ether oxygens (including phenoxy) is 2. The highest BCUT2D eigenvalue weighted by Crippen LogP contribution is 2.29. The first-order chi connectivity index (χ1) is 17.2. The van der Waals surface area contributed by atoms with Crippen LogP contribution < -0.4 is 20.1 Å². The van der Waals surface area contributed by atoms with E-state index in [9.17, 15) is 32.7 Å². The molecule has 4 atom stereocenters. The average Bonchev–Trinajstić information content (AvgIpc) is 3.33. The normalized spacial score (nSPS) is 18.4. The van der Waals surface area contributed by atoms with E-state index in [1.54, 1.807) is 19.9 Å². The number of aliphatic hydroxyl groups is 1. The Morgan fingerprint density at radius 2 is 1.65 bits per heavy atom. The Hall–Kier alpha value is -3.02. The maximum atomic E-state index is 13.5. The van der Waals surface area contributed by atoms with Gasteiger partial charge in [-0.25, -0.2) is 0 Å². The van der Waals surface area contributed by atoms with Gasteiger partial charge in [0.15, 0.2) is 17.6 Å². The number of methoxy groups -OCH3 is 2. The van der Waals surface area contributed by atoms with Crippen LogP contribution in [0.25, 0.3) is 0 Å². The second-order valence-electron chi connectivity index (χ2n) is 9.72. The fraction of sp³-hybridized carbons (Fsp3) is 0.640. The third-order valence-corrected chi connectivity index (χ3v) is 6.41. The van der Waals surface area contributed by atoms with Gasteiger partial charge in [-0.2, -0.15) is 13.2 Å². The first-order valence-corrected chi connectivity index (χ1v) is 12.1. The van der Waals surface area contributed by atoms with Crippen LogP contribution in [0.4, 0.5) is 13.2 Å². The van der Waals surface area contributed by atoms with Crippen molar-refractivity contribution in [3.8, 4) is 11.5 Å². The van der Waals surface area contributed by atoms with Crippen LogP contribution in [-0.2, 0) is 9.59 Å². The quantitative estimate of drug-likeness (QED) is 0.427. The Balaban J connectivity index is 2.20. The Labute approximate surface area is 214 Å². The fourth-order valence-corrected chi connectivity index (χ4v) is 4.27. The molecule has 1 aromatic rings. The number of nitrogens with one attached hydrogen (secondary N) is 2. The predicted octanol–water partition coefficient (Wildman–Crippen LogP) is 2.51. The standard InChI is InChI=1S/C25H36F3N3O6/c1-13(2)19(21(32)25(26,27)28)29-23(34)16-8-7-11-31(16)24(35)20(14(3)4)30-22(33)15-9-10-17(36-5)18(12-15)37-6/h9-10,12-14,16,19-21,32H,7-8,11H2,1-6H3,(H,29,34)(H,30,33)/t16-,19?,20-,21?/m0/s1. The number of carbonyl (C=O) groups is 3. The van der Waals surface area contributed by atoms with Gasteiger partial charge < -0.3 is 30.1 Å². The molecule has 0 saturated carbocycles. The van der Waals surface area contributed by atoms with E-state index >= 15 is 0 Å². The number of alkyl halides is 3. The lowest BCUT2D eigenvalue weighted by Gasteiger charge is -2.33. The third kappa shape index (κ3) is 7.27. The summed E-state index contributed by atoms with van der Waals surface area (Å²) in [6.45, 7) is 6.58. The third-order valence-electron chi connectivity index (χ3n) is 6.41. The van der Waals surface area contributed by atoms with Crippen LogP contribution in [0.15, 0.2) is 18.2 Å². The highest BCUT2D eigenvalue weighted by Gasteiger charge is 2.47. The number of hydrogen-bond donors (Lipinski definition) is 3. The van der Waals surface area contributed by atoms with Gasteiger partial charge in [0.1, 0.15) is 12.1 Å². The topological polar surface area (TPSA) is 117 Å². The van der Waals surface area contributed by atoms with E-state index in [2.05, 4.69) is 10.6 Å². The number of rotatable bonds is 10. The van der Waals surface area contributed by atoms with E-state index in [1.807, 2.05) is 0 Å². The second kappa shape index (κ2) is 12.5. The molecule has 0 aliphatic carbocycles. The predicted molar refractivity (Wildman–Crippen MR) is 129 cm³/mol. The summed E-state index contributed by atoms with van der Waals surface area (Å²) in [5.74, 6) is -2.13. The zero-order chi connectivity index (χ0) is 28.1. The maximum Gasteiger partial charge on any atom is 0.416 e. The molecule has 0 spiro atoms. The van der Waals surface area contributed by atoms with Gasteiger partial charge in [0.25, 0.3) is 5.91 Å². The van der Waals surface area contributed by atoms with Crippen molar-refractivity contribution in [2.45, 2.75) is 70.9 Å². The molecule has 1 aliphatic rings. The van der Waals surface area contributed by atoms with Crippen molar-refractivity contribution in [2.75, 3.05) is 20.8 Å². The molecule has 12 heteroatoms. The Bertz CT molecular complexity index is 969. The summed E-state index contributed by atoms with van der Waals surface area (Å²) < 4.78 is 49.7. The van der Waals surface area contributed by atoms with Crippen molar-refractivity contribution < 1.29 is 42.1 Å². The molecule has 1 aromatic carbocycles. The van der Waals surface area contributed by atoms with Gasteiger partial charge in [-0.05, 0) is 42.9 Å². The summed E-state index contributed by atoms with van der Waals surface area (Å²) in [6, 6.07) is 0.962. The SMILES string of the molecule is COc1ccc(C(=O)N[C@H](C(=O)N2CCC[C@H]2C(=O)NC(C(C)C)C(O)C(F)(F)F)C(C)C)cc1OC. The van der Waals surface area contributed by atoms with E-state index in [0.717, 1.165) is 0 Å². The maximum absolute atomic E-state index is 13.5. The molecule has 1 saturated heterocycles. The Morgan fingerprint density at radius 3 is 2.16 bits per heavy atom. The van der Waals surface area contributed by atoms with Crippen LogP contribution in [0.2, 0.25) is 0 Å². The van der Waals surface area contributed by atoms with Gasteiger partial charge >= 0.3 is 6.18 Å². The van der Waals surface area contributed by atoms with E-state index in [0.29, 0.717) is 17.9 Å². The summed E-state index contributed by atoms with van der Waals surface area (Å²) in [5.41, 5.74) is 0.229. The Kier molecular flexibility index (Phi) is 10.2. The minimum Gasteiger partial charge on any atom is -0.493 e. The molecule has 1 fully saturated rings. The smallest absolute Gasteiger partial charge is 0.416 e. The van der Waals surface area contributed by atoms with Crippen molar-refractivity contribution in [1.82, 2.24) is 15.5 Å². The first kappa shape index (κ1) is 30.2. The van der Waals surface area contributed by atoms with Gasteiger partial charge in [0.2, 0.25) is 11.8 Å². The first-order valence-electron chi connectivity index (χ1n) is 12.1. The highest BCUT2D eigenvalue weighted by molar-refractivity contribution is 5.99. The van der Waals surface area contributed by atoms with E-state index in [1.165, 1.54) is 45.1 Å². The number of benzene rings is 1. The van der Waals surface area contributed by atoms with Crippen LogP contribution in [0.3, 0.4) is 0 Å². The van der Waals surface area contributed by atoms with Crippen LogP contribution in [0.5, 0.6) is 11.5 Å². The van der Waals surface area contributed by atoms with Gasteiger partial charge in [0, 0.05) is 12.1 Å². The molecule has 0 bridgehead atoms. The monoisotopic (exact) mass is 531 g/mol. The summed E-state index contributed by atoms with van der Waals surface area (Å²) in [4.78, 5) is 40.7.